The third-order valence-corrected chi connectivity index (χ3v) is 4.53. The van der Waals surface area contributed by atoms with Crippen LogP contribution < -0.4 is 5.32 Å². The van der Waals surface area contributed by atoms with Gasteiger partial charge in [-0.2, -0.15) is 0 Å². The molecule has 3 rings (SSSR count). The molecule has 2 aromatic rings. The van der Waals surface area contributed by atoms with Crippen LogP contribution in [0.2, 0.25) is 0 Å². The fraction of sp³-hybridized carbons (Fsp3) is 0.500. The summed E-state index contributed by atoms with van der Waals surface area (Å²) in [6, 6.07) is 10.9. The lowest BCUT2D eigenvalue weighted by Crippen LogP contribution is -2.45. The quantitative estimate of drug-likeness (QED) is 0.919. The van der Waals surface area contributed by atoms with Crippen LogP contribution in [-0.4, -0.2) is 60.6 Å². The highest BCUT2D eigenvalue weighted by Gasteiger charge is 2.14. The summed E-state index contributed by atoms with van der Waals surface area (Å²) in [5, 5.41) is 4.86. The molecule has 1 fully saturated rings. The number of hydrogen-bond acceptors (Lipinski definition) is 4. The number of likely N-dealkylation sites (N-methyl/N-ethyl adjacent to an activating group) is 1. The van der Waals surface area contributed by atoms with Crippen molar-refractivity contribution in [1.29, 1.82) is 0 Å². The molecule has 0 amide bonds. The van der Waals surface area contributed by atoms with Gasteiger partial charge in [-0.25, -0.2) is 0 Å². The zero-order chi connectivity index (χ0) is 15.4. The number of nitrogens with zero attached hydrogens (tertiary/aromatic N) is 3. The van der Waals surface area contributed by atoms with Crippen LogP contribution in [0.3, 0.4) is 0 Å². The maximum absolute atomic E-state index is 4.42. The van der Waals surface area contributed by atoms with Gasteiger partial charge in [-0.15, -0.1) is 0 Å². The van der Waals surface area contributed by atoms with Crippen molar-refractivity contribution >= 4 is 16.6 Å². The predicted octanol–water partition coefficient (Wildman–Crippen LogP) is 2.67. The Hall–Kier alpha value is -1.65. The second-order valence-corrected chi connectivity index (χ2v) is 6.35. The van der Waals surface area contributed by atoms with Gasteiger partial charge in [-0.05, 0) is 32.5 Å². The first-order valence-electron chi connectivity index (χ1n) is 8.23. The van der Waals surface area contributed by atoms with Gasteiger partial charge in [0.05, 0.1) is 5.52 Å². The SMILES string of the molecule is CC(CCN1CCN(C)CC1)Nc1ccnc2ccccc12. The molecule has 1 unspecified atom stereocenters. The minimum atomic E-state index is 0.463. The van der Waals surface area contributed by atoms with Crippen molar-refractivity contribution in [3.05, 3.63) is 36.5 Å². The highest BCUT2D eigenvalue weighted by atomic mass is 15.2. The zero-order valence-electron chi connectivity index (χ0n) is 13.6. The van der Waals surface area contributed by atoms with Gasteiger partial charge in [0.15, 0.2) is 0 Å². The van der Waals surface area contributed by atoms with Crippen molar-refractivity contribution in [2.75, 3.05) is 45.1 Å². The fourth-order valence-electron chi connectivity index (χ4n) is 3.01. The Balaban J connectivity index is 1.56. The molecule has 1 aliphatic heterocycles. The predicted molar refractivity (Wildman–Crippen MR) is 93.4 cm³/mol. The van der Waals surface area contributed by atoms with Gasteiger partial charge >= 0.3 is 0 Å². The van der Waals surface area contributed by atoms with Crippen molar-refractivity contribution in [2.24, 2.45) is 0 Å². The summed E-state index contributed by atoms with van der Waals surface area (Å²) in [7, 11) is 2.20. The first-order valence-corrected chi connectivity index (χ1v) is 8.23. The maximum Gasteiger partial charge on any atom is 0.0722 e. The molecule has 4 heteroatoms. The van der Waals surface area contributed by atoms with E-state index in [1.165, 1.54) is 50.2 Å². The van der Waals surface area contributed by atoms with Crippen LogP contribution >= 0.6 is 0 Å². The normalized spacial score (nSPS) is 18.5. The monoisotopic (exact) mass is 298 g/mol. The molecule has 1 atom stereocenters. The van der Waals surface area contributed by atoms with E-state index in [2.05, 4.69) is 58.3 Å². The molecule has 0 spiro atoms. The molecule has 1 aromatic carbocycles. The van der Waals surface area contributed by atoms with Crippen LogP contribution in [0.1, 0.15) is 13.3 Å². The standard InChI is InChI=1S/C18H26N4/c1-15(8-10-22-13-11-21(2)12-14-22)20-18-7-9-19-17-6-4-3-5-16(17)18/h3-7,9,15H,8,10-14H2,1-2H3,(H,19,20). The average molecular weight is 298 g/mol. The highest BCUT2D eigenvalue weighted by molar-refractivity contribution is 5.90. The number of fused-ring (bicyclic) bond motifs is 1. The van der Waals surface area contributed by atoms with Crippen molar-refractivity contribution in [3.8, 4) is 0 Å². The van der Waals surface area contributed by atoms with Gasteiger partial charge in [0.25, 0.3) is 0 Å². The average Bonchev–Trinajstić information content (AvgIpc) is 2.55. The van der Waals surface area contributed by atoms with Gasteiger partial charge in [0, 0.05) is 56.0 Å². The van der Waals surface area contributed by atoms with E-state index in [0.717, 1.165) is 5.52 Å². The number of aromatic nitrogens is 1. The van der Waals surface area contributed by atoms with Crippen LogP contribution in [0.5, 0.6) is 0 Å². The topological polar surface area (TPSA) is 31.4 Å². The van der Waals surface area contributed by atoms with E-state index in [0.29, 0.717) is 6.04 Å². The Morgan fingerprint density at radius 1 is 1.14 bits per heavy atom. The highest BCUT2D eigenvalue weighted by Crippen LogP contribution is 2.22. The van der Waals surface area contributed by atoms with Gasteiger partial charge in [-0.1, -0.05) is 18.2 Å². The van der Waals surface area contributed by atoms with Gasteiger partial charge < -0.3 is 15.1 Å². The van der Waals surface area contributed by atoms with E-state index in [-0.39, 0.29) is 0 Å². The Labute approximate surface area is 133 Å². The molecule has 118 valence electrons. The van der Waals surface area contributed by atoms with E-state index >= 15 is 0 Å². The Morgan fingerprint density at radius 2 is 1.91 bits per heavy atom. The van der Waals surface area contributed by atoms with Crippen molar-refractivity contribution in [3.63, 3.8) is 0 Å². The van der Waals surface area contributed by atoms with Gasteiger partial charge in [-0.3, -0.25) is 4.98 Å². The molecule has 1 saturated heterocycles. The maximum atomic E-state index is 4.42. The Bertz CT molecular complexity index is 600. The molecule has 0 radical (unpaired) electrons. The third-order valence-electron chi connectivity index (χ3n) is 4.53. The Kier molecular flexibility index (Phi) is 4.90. The minimum Gasteiger partial charge on any atom is -0.382 e. The van der Waals surface area contributed by atoms with Gasteiger partial charge in [0.2, 0.25) is 0 Å². The van der Waals surface area contributed by atoms with E-state index in [4.69, 9.17) is 0 Å². The summed E-state index contributed by atoms with van der Waals surface area (Å²) >= 11 is 0. The summed E-state index contributed by atoms with van der Waals surface area (Å²) in [6.07, 6.45) is 3.05. The summed E-state index contributed by atoms with van der Waals surface area (Å²) in [6.45, 7) is 8.21. The summed E-state index contributed by atoms with van der Waals surface area (Å²) in [5.74, 6) is 0. The lowest BCUT2D eigenvalue weighted by molar-refractivity contribution is 0.151. The Morgan fingerprint density at radius 3 is 2.73 bits per heavy atom. The molecule has 0 bridgehead atoms. The number of piperazine rings is 1. The molecular weight excluding hydrogens is 272 g/mol. The molecular formula is C18H26N4. The van der Waals surface area contributed by atoms with Crippen LogP contribution in [-0.2, 0) is 0 Å². The number of rotatable bonds is 5. The molecule has 4 nitrogen and oxygen atoms in total. The first kappa shape index (κ1) is 15.3. The van der Waals surface area contributed by atoms with Crippen molar-refractivity contribution in [2.45, 2.75) is 19.4 Å². The lowest BCUT2D eigenvalue weighted by Gasteiger charge is -2.33. The summed E-state index contributed by atoms with van der Waals surface area (Å²) in [4.78, 5) is 9.40. The van der Waals surface area contributed by atoms with Gasteiger partial charge in [0.1, 0.15) is 0 Å². The molecule has 0 saturated carbocycles. The number of nitrogens with one attached hydrogen (secondary N) is 1. The molecule has 1 N–H and O–H groups in total. The second kappa shape index (κ2) is 7.07. The molecule has 2 heterocycles. The van der Waals surface area contributed by atoms with E-state index in [1.807, 2.05) is 12.3 Å². The molecule has 1 aliphatic rings. The van der Waals surface area contributed by atoms with Crippen LogP contribution in [0, 0.1) is 0 Å². The van der Waals surface area contributed by atoms with E-state index < -0.39 is 0 Å². The summed E-state index contributed by atoms with van der Waals surface area (Å²) < 4.78 is 0. The van der Waals surface area contributed by atoms with Crippen LogP contribution in [0.4, 0.5) is 5.69 Å². The summed E-state index contributed by atoms with van der Waals surface area (Å²) in [5.41, 5.74) is 2.25. The third kappa shape index (κ3) is 3.76. The van der Waals surface area contributed by atoms with E-state index in [9.17, 15) is 0 Å². The van der Waals surface area contributed by atoms with Crippen molar-refractivity contribution < 1.29 is 0 Å². The fourth-order valence-corrected chi connectivity index (χ4v) is 3.01. The number of para-hydroxylation sites is 1. The van der Waals surface area contributed by atoms with Crippen LogP contribution in [0.25, 0.3) is 10.9 Å². The van der Waals surface area contributed by atoms with Crippen molar-refractivity contribution in [1.82, 2.24) is 14.8 Å². The molecule has 1 aromatic heterocycles. The lowest BCUT2D eigenvalue weighted by atomic mass is 10.1. The van der Waals surface area contributed by atoms with E-state index in [1.54, 1.807) is 0 Å². The second-order valence-electron chi connectivity index (χ2n) is 6.35. The molecule has 22 heavy (non-hydrogen) atoms. The number of pyridine rings is 1. The molecule has 0 aliphatic carbocycles. The minimum absolute atomic E-state index is 0.463. The first-order chi connectivity index (χ1) is 10.7. The zero-order valence-corrected chi connectivity index (χ0v) is 13.6. The van der Waals surface area contributed by atoms with Crippen LogP contribution in [0.15, 0.2) is 36.5 Å². The smallest absolute Gasteiger partial charge is 0.0722 e. The number of hydrogen-bond donors (Lipinski definition) is 1. The number of benzene rings is 1. The number of anilines is 1. The largest absolute Gasteiger partial charge is 0.382 e.